The van der Waals surface area contributed by atoms with Crippen molar-refractivity contribution in [3.05, 3.63) is 29.8 Å². The van der Waals surface area contributed by atoms with Gasteiger partial charge >= 0.3 is 0 Å². The van der Waals surface area contributed by atoms with Crippen LogP contribution < -0.4 is 10.6 Å². The fraction of sp³-hybridized carbons (Fsp3) is 0.611. The third-order valence-corrected chi connectivity index (χ3v) is 4.87. The second-order valence-corrected chi connectivity index (χ2v) is 9.50. The molecule has 0 aliphatic carbocycles. The second kappa shape index (κ2) is 8.51. The highest BCUT2D eigenvalue weighted by atomic mass is 32.2. The van der Waals surface area contributed by atoms with Crippen molar-refractivity contribution in [2.45, 2.75) is 58.0 Å². The van der Waals surface area contributed by atoms with E-state index < -0.39 is 9.84 Å². The monoisotopic (exact) mass is 353 g/mol. The van der Waals surface area contributed by atoms with Gasteiger partial charge in [0.05, 0.1) is 4.90 Å². The summed E-state index contributed by atoms with van der Waals surface area (Å²) in [5.41, 5.74) is 1.33. The van der Waals surface area contributed by atoms with Crippen LogP contribution in [0.2, 0.25) is 0 Å². The van der Waals surface area contributed by atoms with E-state index in [1.165, 1.54) is 6.26 Å². The molecular weight excluding hydrogens is 322 g/mol. The Morgan fingerprint density at radius 3 is 2.25 bits per heavy atom. The molecule has 6 heteroatoms. The Hall–Kier alpha value is -1.56. The highest BCUT2D eigenvalue weighted by Gasteiger charge is 2.13. The molecule has 0 aliphatic heterocycles. The fourth-order valence-corrected chi connectivity index (χ4v) is 2.82. The molecule has 136 valence electrons. The minimum absolute atomic E-state index is 0.328. The van der Waals surface area contributed by atoms with Crippen LogP contribution in [0, 0.1) is 5.41 Å². The topological polar surface area (TPSA) is 70.6 Å². The van der Waals surface area contributed by atoms with E-state index in [-0.39, 0.29) is 0 Å². The van der Waals surface area contributed by atoms with Gasteiger partial charge < -0.3 is 10.6 Å². The lowest BCUT2D eigenvalue weighted by Crippen LogP contribution is -2.42. The van der Waals surface area contributed by atoms with Crippen LogP contribution >= 0.6 is 0 Å². The molecule has 0 heterocycles. The summed E-state index contributed by atoms with van der Waals surface area (Å²) >= 11 is 0. The third kappa shape index (κ3) is 7.81. The average molecular weight is 354 g/mol. The highest BCUT2D eigenvalue weighted by molar-refractivity contribution is 7.90. The number of hydrogen-bond acceptors (Lipinski definition) is 3. The van der Waals surface area contributed by atoms with Gasteiger partial charge in [-0.25, -0.2) is 8.42 Å². The summed E-state index contributed by atoms with van der Waals surface area (Å²) in [4.78, 5) is 4.58. The number of rotatable bonds is 6. The van der Waals surface area contributed by atoms with Gasteiger partial charge in [-0.05, 0) is 42.9 Å². The van der Waals surface area contributed by atoms with Gasteiger partial charge in [-0.15, -0.1) is 0 Å². The molecule has 1 rings (SSSR count). The van der Waals surface area contributed by atoms with E-state index in [0.717, 1.165) is 24.4 Å². The van der Waals surface area contributed by atoms with Crippen molar-refractivity contribution in [2.75, 3.05) is 13.3 Å². The number of nitrogens with zero attached hydrogens (tertiary/aromatic N) is 1. The van der Waals surface area contributed by atoms with Gasteiger partial charge in [-0.1, -0.05) is 32.9 Å². The van der Waals surface area contributed by atoms with Crippen molar-refractivity contribution < 1.29 is 8.42 Å². The van der Waals surface area contributed by atoms with Crippen LogP contribution in [0.5, 0.6) is 0 Å². The van der Waals surface area contributed by atoms with Crippen molar-refractivity contribution in [2.24, 2.45) is 10.4 Å². The van der Waals surface area contributed by atoms with Crippen molar-refractivity contribution in [1.29, 1.82) is 0 Å². The quantitative estimate of drug-likeness (QED) is 0.609. The molecule has 0 aliphatic rings. The summed E-state index contributed by atoms with van der Waals surface area (Å²) in [5.74, 6) is 0.753. The Labute approximate surface area is 146 Å². The molecule has 1 atom stereocenters. The molecule has 1 aromatic rings. The Morgan fingerprint density at radius 2 is 1.79 bits per heavy atom. The van der Waals surface area contributed by atoms with Crippen molar-refractivity contribution in [1.82, 2.24) is 10.6 Å². The molecule has 1 unspecified atom stereocenters. The summed E-state index contributed by atoms with van der Waals surface area (Å²) in [5, 5.41) is 6.65. The molecule has 0 fully saturated rings. The lowest BCUT2D eigenvalue weighted by molar-refractivity contribution is 0.346. The van der Waals surface area contributed by atoms with Crippen LogP contribution in [0.15, 0.2) is 34.2 Å². The average Bonchev–Trinajstić information content (AvgIpc) is 2.48. The van der Waals surface area contributed by atoms with Gasteiger partial charge in [-0.2, -0.15) is 0 Å². The lowest BCUT2D eigenvalue weighted by atomic mass is 9.89. The summed E-state index contributed by atoms with van der Waals surface area (Å²) < 4.78 is 22.9. The van der Waals surface area contributed by atoms with Gasteiger partial charge in [-0.3, -0.25) is 4.99 Å². The molecule has 0 aromatic heterocycles. The van der Waals surface area contributed by atoms with Gasteiger partial charge in [0, 0.05) is 25.9 Å². The summed E-state index contributed by atoms with van der Waals surface area (Å²) in [6, 6.07) is 7.24. The first-order valence-electron chi connectivity index (χ1n) is 8.27. The largest absolute Gasteiger partial charge is 0.354 e. The van der Waals surface area contributed by atoms with E-state index in [1.54, 1.807) is 19.2 Å². The Bertz CT molecular complexity index is 644. The van der Waals surface area contributed by atoms with Crippen LogP contribution in [-0.4, -0.2) is 33.7 Å². The summed E-state index contributed by atoms with van der Waals surface area (Å²) in [6.07, 6.45) is 3.43. The predicted molar refractivity (Wildman–Crippen MR) is 101 cm³/mol. The van der Waals surface area contributed by atoms with Gasteiger partial charge in [0.2, 0.25) is 0 Å². The zero-order valence-electron chi connectivity index (χ0n) is 15.7. The first kappa shape index (κ1) is 20.5. The molecule has 0 saturated heterocycles. The third-order valence-electron chi connectivity index (χ3n) is 3.75. The molecular formula is C18H31N3O2S. The number of nitrogens with one attached hydrogen (secondary N) is 2. The fourth-order valence-electron chi connectivity index (χ4n) is 2.19. The minimum Gasteiger partial charge on any atom is -0.354 e. The summed E-state index contributed by atoms with van der Waals surface area (Å²) in [6.45, 7) is 9.47. The number of benzene rings is 1. The number of hydrogen-bond donors (Lipinski definition) is 2. The zero-order valence-corrected chi connectivity index (χ0v) is 16.5. The van der Waals surface area contributed by atoms with Crippen molar-refractivity contribution >= 4 is 15.8 Å². The Morgan fingerprint density at radius 1 is 1.21 bits per heavy atom. The van der Waals surface area contributed by atoms with Crippen LogP contribution in [0.25, 0.3) is 0 Å². The molecule has 0 spiro atoms. The molecule has 0 radical (unpaired) electrons. The van der Waals surface area contributed by atoms with Gasteiger partial charge in [0.1, 0.15) is 0 Å². The van der Waals surface area contributed by atoms with Crippen molar-refractivity contribution in [3.63, 3.8) is 0 Å². The minimum atomic E-state index is -3.15. The molecule has 24 heavy (non-hydrogen) atoms. The molecule has 0 amide bonds. The highest BCUT2D eigenvalue weighted by Crippen LogP contribution is 2.21. The number of guanidine groups is 1. The lowest BCUT2D eigenvalue weighted by Gasteiger charge is -2.23. The first-order valence-corrected chi connectivity index (χ1v) is 10.2. The van der Waals surface area contributed by atoms with Gasteiger partial charge in [0.15, 0.2) is 15.8 Å². The molecule has 1 aromatic carbocycles. The predicted octanol–water partition coefficient (Wildman–Crippen LogP) is 2.97. The maximum absolute atomic E-state index is 11.5. The normalized spacial score (nSPS) is 14.3. The van der Waals surface area contributed by atoms with E-state index in [2.05, 4.69) is 43.3 Å². The molecule has 2 N–H and O–H groups in total. The van der Waals surface area contributed by atoms with E-state index in [4.69, 9.17) is 0 Å². The van der Waals surface area contributed by atoms with Gasteiger partial charge in [0.25, 0.3) is 0 Å². The summed E-state index contributed by atoms with van der Waals surface area (Å²) in [7, 11) is -1.40. The molecule has 5 nitrogen and oxygen atoms in total. The van der Waals surface area contributed by atoms with Crippen LogP contribution in [0.3, 0.4) is 0 Å². The number of aliphatic imine (C=N–C) groups is 1. The maximum Gasteiger partial charge on any atom is 0.191 e. The first-order chi connectivity index (χ1) is 11.0. The molecule has 0 saturated carbocycles. The zero-order chi connectivity index (χ0) is 18.4. The van der Waals surface area contributed by atoms with E-state index in [1.807, 2.05) is 12.1 Å². The van der Waals surface area contributed by atoms with E-state index in [0.29, 0.717) is 22.9 Å². The second-order valence-electron chi connectivity index (χ2n) is 7.49. The van der Waals surface area contributed by atoms with Crippen molar-refractivity contribution in [3.8, 4) is 0 Å². The Kier molecular flexibility index (Phi) is 7.27. The van der Waals surface area contributed by atoms with Crippen LogP contribution in [-0.2, 0) is 16.4 Å². The van der Waals surface area contributed by atoms with Crippen LogP contribution in [0.1, 0.15) is 46.1 Å². The maximum atomic E-state index is 11.5. The van der Waals surface area contributed by atoms with E-state index in [9.17, 15) is 8.42 Å². The Balaban J connectivity index is 2.52. The molecule has 0 bridgehead atoms. The standard InChI is InChI=1S/C18H31N3O2S/c1-14(11-12-18(2,3)4)21-17(19-5)20-13-15-7-9-16(10-8-15)24(6,22)23/h7-10,14H,11-13H2,1-6H3,(H2,19,20,21). The SMILES string of the molecule is CN=C(NCc1ccc(S(C)(=O)=O)cc1)NC(C)CCC(C)(C)C. The number of sulfone groups is 1. The smallest absolute Gasteiger partial charge is 0.191 e. The van der Waals surface area contributed by atoms with E-state index >= 15 is 0 Å². The van der Waals surface area contributed by atoms with Crippen LogP contribution in [0.4, 0.5) is 0 Å².